The molecule has 16 heteroatoms. The molecular formula is C60H115N9O7. The fourth-order valence-corrected chi connectivity index (χ4v) is 9.68. The lowest BCUT2D eigenvalue weighted by atomic mass is 10.0. The van der Waals surface area contributed by atoms with Crippen LogP contribution in [0.1, 0.15) is 270 Å². The first-order valence-electron chi connectivity index (χ1n) is 31.1. The molecule has 0 bridgehead atoms. The molecule has 0 saturated heterocycles. The molecule has 0 radical (unpaired) electrons. The molecule has 1 rings (SSSR count). The number of nitrogens with two attached hydrogens (primary N) is 3. The fraction of sp³-hybridized carbons (Fsp3) is 0.867. The van der Waals surface area contributed by atoms with Crippen LogP contribution in [0.25, 0.3) is 0 Å². The normalized spacial score (nSPS) is 12.7. The number of aliphatic hydroxyl groups excluding tert-OH is 1. The first-order chi connectivity index (χ1) is 37.0. The van der Waals surface area contributed by atoms with Crippen LogP contribution in [0.5, 0.6) is 0 Å². The van der Waals surface area contributed by atoms with Crippen molar-refractivity contribution >= 4 is 29.7 Å². The summed E-state index contributed by atoms with van der Waals surface area (Å²) in [4.78, 5) is 65.1. The Kier molecular flexibility index (Phi) is 46.9. The van der Waals surface area contributed by atoms with E-state index >= 15 is 0 Å². The van der Waals surface area contributed by atoms with E-state index in [0.717, 1.165) is 109 Å². The van der Waals surface area contributed by atoms with Gasteiger partial charge in [0.15, 0.2) is 5.96 Å². The van der Waals surface area contributed by atoms with E-state index in [4.69, 9.17) is 26.7 Å². The molecular weight excluding hydrogens is 959 g/mol. The number of rotatable bonds is 55. The number of carbonyl (C=O) groups excluding carboxylic acids is 4. The zero-order chi connectivity index (χ0) is 55.5. The molecule has 16 nitrogen and oxygen atoms in total. The molecule has 0 saturated carbocycles. The summed E-state index contributed by atoms with van der Waals surface area (Å²) < 4.78 is 11.6. The van der Waals surface area contributed by atoms with Gasteiger partial charge in [0.25, 0.3) is 0 Å². The van der Waals surface area contributed by atoms with Gasteiger partial charge in [0.05, 0.1) is 25.1 Å². The van der Waals surface area contributed by atoms with E-state index in [1.807, 2.05) is 0 Å². The minimum Gasteiger partial charge on any atom is -0.466 e. The Morgan fingerprint density at radius 2 is 1.14 bits per heavy atom. The number of hydrogen-bond donors (Lipinski definition) is 7. The third-order valence-electron chi connectivity index (χ3n) is 14.4. The van der Waals surface area contributed by atoms with Crippen molar-refractivity contribution in [1.82, 2.24) is 25.5 Å². The van der Waals surface area contributed by atoms with E-state index < -0.39 is 24.1 Å². The second-order valence-electron chi connectivity index (χ2n) is 21.7. The van der Waals surface area contributed by atoms with E-state index in [1.54, 1.807) is 6.20 Å². The van der Waals surface area contributed by atoms with Gasteiger partial charge in [-0.1, -0.05) is 162 Å². The Labute approximate surface area is 462 Å². The molecule has 1 unspecified atom stereocenters. The number of unbranched alkanes of at least 4 members (excludes halogenated alkanes) is 25. The van der Waals surface area contributed by atoms with Crippen LogP contribution in [0.3, 0.4) is 0 Å². The van der Waals surface area contributed by atoms with Gasteiger partial charge in [0.2, 0.25) is 11.8 Å². The summed E-state index contributed by atoms with van der Waals surface area (Å²) in [7, 11) is 0. The van der Waals surface area contributed by atoms with Gasteiger partial charge < -0.3 is 52.3 Å². The Balaban J connectivity index is 2.62. The van der Waals surface area contributed by atoms with Crippen molar-refractivity contribution < 1.29 is 33.8 Å². The fourth-order valence-electron chi connectivity index (χ4n) is 9.68. The number of esters is 2. The van der Waals surface area contributed by atoms with E-state index in [-0.39, 0.29) is 36.3 Å². The molecule has 0 aliphatic heterocycles. The molecule has 0 spiro atoms. The van der Waals surface area contributed by atoms with Crippen molar-refractivity contribution in [2.75, 3.05) is 39.3 Å². The lowest BCUT2D eigenvalue weighted by Gasteiger charge is -2.25. The molecule has 0 fully saturated rings. The Morgan fingerprint density at radius 1 is 0.632 bits per heavy atom. The summed E-state index contributed by atoms with van der Waals surface area (Å²) in [6.07, 6.45) is 42.3. The summed E-state index contributed by atoms with van der Waals surface area (Å²) in [6, 6.07) is -1.67. The highest BCUT2D eigenvalue weighted by atomic mass is 16.5. The number of nitrogens with one attached hydrogen (secondary N) is 3. The summed E-state index contributed by atoms with van der Waals surface area (Å²) >= 11 is 0. The summed E-state index contributed by atoms with van der Waals surface area (Å²) in [5.74, 6) is -0.913. The minimum absolute atomic E-state index is 0.0191. The van der Waals surface area contributed by atoms with Crippen molar-refractivity contribution in [2.45, 2.75) is 295 Å². The number of guanidine groups is 1. The average Bonchev–Trinajstić information content (AvgIpc) is 3.92. The Morgan fingerprint density at radius 3 is 1.71 bits per heavy atom. The van der Waals surface area contributed by atoms with E-state index in [2.05, 4.69) is 51.3 Å². The molecule has 10 N–H and O–H groups in total. The van der Waals surface area contributed by atoms with E-state index in [1.165, 1.54) is 115 Å². The molecule has 3 atom stereocenters. The third kappa shape index (κ3) is 43.2. The van der Waals surface area contributed by atoms with Crippen LogP contribution in [-0.2, 0) is 35.1 Å². The number of H-pyrrole nitrogens is 1. The zero-order valence-corrected chi connectivity index (χ0v) is 48.8. The van der Waals surface area contributed by atoms with Gasteiger partial charge >= 0.3 is 11.9 Å². The maximum atomic E-state index is 13.3. The van der Waals surface area contributed by atoms with Crippen LogP contribution >= 0.6 is 0 Å². The van der Waals surface area contributed by atoms with Crippen LogP contribution in [0.4, 0.5) is 0 Å². The number of amides is 2. The minimum atomic E-state index is -0.848. The molecule has 1 aromatic heterocycles. The SMILES string of the molecule is CCCCCCCCCCCOC(=O)CCCCCN(CCCCCCCC(=O)OC(CCCCCCCC)CCCCCCCC)CC(O)CCCCNC(=O)[C@H](Cc1cnc[nH]1)NC(=O)[C@H](N)CCCN=C(N)N. The average molecular weight is 1070 g/mol. The topological polar surface area (TPSA) is 253 Å². The highest BCUT2D eigenvalue weighted by Gasteiger charge is 2.25. The quantitative estimate of drug-likeness (QED) is 0.0139. The largest absolute Gasteiger partial charge is 0.466 e. The van der Waals surface area contributed by atoms with Crippen LogP contribution in [0, 0.1) is 0 Å². The van der Waals surface area contributed by atoms with Gasteiger partial charge in [0.1, 0.15) is 12.1 Å². The number of aliphatic hydroxyl groups is 1. The number of aromatic amines is 1. The predicted octanol–water partition coefficient (Wildman–Crippen LogP) is 11.2. The Bertz CT molecular complexity index is 1530. The van der Waals surface area contributed by atoms with E-state index in [9.17, 15) is 24.3 Å². The number of aliphatic imine (C=N–C) groups is 1. The molecule has 0 aromatic carbocycles. The van der Waals surface area contributed by atoms with Gasteiger partial charge in [-0.3, -0.25) is 24.2 Å². The van der Waals surface area contributed by atoms with Gasteiger partial charge in [0, 0.05) is 50.8 Å². The highest BCUT2D eigenvalue weighted by Crippen LogP contribution is 2.19. The summed E-state index contributed by atoms with van der Waals surface area (Å²) in [6.45, 7) is 10.3. The molecule has 76 heavy (non-hydrogen) atoms. The molecule has 0 aliphatic rings. The highest BCUT2D eigenvalue weighted by molar-refractivity contribution is 5.89. The lowest BCUT2D eigenvalue weighted by Crippen LogP contribution is -2.52. The molecule has 442 valence electrons. The van der Waals surface area contributed by atoms with Gasteiger partial charge in [-0.05, 0) is 103 Å². The maximum Gasteiger partial charge on any atom is 0.306 e. The predicted molar refractivity (Wildman–Crippen MR) is 312 cm³/mol. The van der Waals surface area contributed by atoms with Crippen molar-refractivity contribution in [3.63, 3.8) is 0 Å². The van der Waals surface area contributed by atoms with Gasteiger partial charge in [-0.15, -0.1) is 0 Å². The summed E-state index contributed by atoms with van der Waals surface area (Å²) in [5, 5.41) is 17.0. The zero-order valence-electron chi connectivity index (χ0n) is 48.8. The first kappa shape index (κ1) is 70.3. The molecule has 0 aliphatic carbocycles. The molecule has 1 heterocycles. The number of imidazole rings is 1. The number of carbonyl (C=O) groups is 4. The van der Waals surface area contributed by atoms with Crippen molar-refractivity contribution in [3.05, 3.63) is 18.2 Å². The lowest BCUT2D eigenvalue weighted by molar-refractivity contribution is -0.150. The first-order valence-corrected chi connectivity index (χ1v) is 31.1. The maximum absolute atomic E-state index is 13.3. The van der Waals surface area contributed by atoms with Crippen molar-refractivity contribution in [3.8, 4) is 0 Å². The molecule has 1 aromatic rings. The third-order valence-corrected chi connectivity index (χ3v) is 14.4. The van der Waals surface area contributed by atoms with Crippen molar-refractivity contribution in [2.24, 2.45) is 22.2 Å². The van der Waals surface area contributed by atoms with Crippen molar-refractivity contribution in [1.29, 1.82) is 0 Å². The number of nitrogens with zero attached hydrogens (tertiary/aromatic N) is 3. The monoisotopic (exact) mass is 1070 g/mol. The van der Waals surface area contributed by atoms with Gasteiger partial charge in [-0.2, -0.15) is 0 Å². The number of aromatic nitrogens is 2. The van der Waals surface area contributed by atoms with Crippen LogP contribution in [0.2, 0.25) is 0 Å². The second-order valence-corrected chi connectivity index (χ2v) is 21.7. The van der Waals surface area contributed by atoms with Gasteiger partial charge in [-0.25, -0.2) is 4.98 Å². The Hall–Kier alpha value is -3.76. The van der Waals surface area contributed by atoms with Crippen LogP contribution < -0.4 is 27.8 Å². The number of ether oxygens (including phenoxy) is 2. The smallest absolute Gasteiger partial charge is 0.306 e. The standard InChI is InChI=1S/C60H115N9O7/c1-4-7-10-13-16-17-18-24-34-46-75-56(71)40-29-25-33-45-69(44-32-23-19-22-28-41-57(72)76-53(37-26-20-14-11-8-5-2)38-27-21-15-12-9-6-3)49-52(70)36-30-31-42-65-59(74)55(47-51-48-64-50-67-51)68-58(73)54(61)39-35-43-66-60(62)63/h48,50,52-55,70H,4-47,49,61H2,1-3H3,(H,64,67)(H,65,74)(H,68,73)(H4,62,63,66)/t52?,54-,55+/m1/s1. The van der Waals surface area contributed by atoms with Crippen LogP contribution in [0.15, 0.2) is 17.5 Å². The number of hydrogen-bond acceptors (Lipinski definition) is 11. The molecule has 2 amide bonds. The second kappa shape index (κ2) is 50.7. The summed E-state index contributed by atoms with van der Waals surface area (Å²) in [5.41, 5.74) is 17.6. The van der Waals surface area contributed by atoms with Crippen LogP contribution in [-0.4, -0.2) is 113 Å². The van der Waals surface area contributed by atoms with E-state index in [0.29, 0.717) is 70.5 Å².